The maximum Gasteiger partial charge on any atom is 0.233 e. The van der Waals surface area contributed by atoms with E-state index in [1.165, 1.54) is 18.7 Å². The van der Waals surface area contributed by atoms with E-state index < -0.39 is 0 Å². The largest absolute Gasteiger partial charge is 0.355 e. The molecule has 0 saturated carbocycles. The molecule has 0 radical (unpaired) electrons. The molecule has 0 aliphatic carbocycles. The lowest BCUT2D eigenvalue weighted by atomic mass is 10.3. The number of carbonyl (C=O) groups excluding carboxylic acids is 2. The number of thioether (sulfide) groups is 1. The molecule has 1 unspecified atom stereocenters. The lowest BCUT2D eigenvalue weighted by Gasteiger charge is -2.12. The maximum absolute atomic E-state index is 12.3. The normalized spacial score (nSPS) is 11.9. The Morgan fingerprint density at radius 2 is 1.89 bits per heavy atom. The quantitative estimate of drug-likeness (QED) is 0.547. The van der Waals surface area contributed by atoms with Crippen LogP contribution in [0.25, 0.3) is 11.0 Å². The number of anilines is 1. The zero-order valence-electron chi connectivity index (χ0n) is 15.3. The number of amides is 2. The Kier molecular flexibility index (Phi) is 6.13. The van der Waals surface area contributed by atoms with Gasteiger partial charge in [0.2, 0.25) is 11.8 Å². The van der Waals surface area contributed by atoms with E-state index in [4.69, 9.17) is 0 Å². The van der Waals surface area contributed by atoms with Crippen molar-refractivity contribution in [3.63, 3.8) is 0 Å². The highest BCUT2D eigenvalue weighted by molar-refractivity contribution is 8.00. The Balaban J connectivity index is 1.46. The van der Waals surface area contributed by atoms with E-state index in [0.29, 0.717) is 13.0 Å². The summed E-state index contributed by atoms with van der Waals surface area (Å²) in [5.74, 6) is 0.750. The predicted molar refractivity (Wildman–Crippen MR) is 109 cm³/mol. The highest BCUT2D eigenvalue weighted by Gasteiger charge is 2.14. The van der Waals surface area contributed by atoms with Crippen LogP contribution in [0.1, 0.15) is 19.7 Å². The standard InChI is InChI=1S/C20H22N4O2S/c1-13(27-16-9-7-15(8-10-16)22-14(2)25)20(26)21-12-11-19-23-17-5-3-4-6-18(17)24-19/h3-10,13H,11-12H2,1-2H3,(H,21,26)(H,22,25)(H,23,24). The molecule has 2 aromatic carbocycles. The second-order valence-corrected chi connectivity index (χ2v) is 7.62. The summed E-state index contributed by atoms with van der Waals surface area (Å²) in [7, 11) is 0. The van der Waals surface area contributed by atoms with E-state index in [-0.39, 0.29) is 17.1 Å². The van der Waals surface area contributed by atoms with E-state index in [0.717, 1.165) is 27.4 Å². The third-order valence-electron chi connectivity index (χ3n) is 3.96. The number of hydrogen-bond donors (Lipinski definition) is 3. The molecule has 27 heavy (non-hydrogen) atoms. The van der Waals surface area contributed by atoms with Crippen molar-refractivity contribution in [1.29, 1.82) is 0 Å². The number of para-hydroxylation sites is 2. The first-order chi connectivity index (χ1) is 13.0. The van der Waals surface area contributed by atoms with E-state index in [2.05, 4.69) is 20.6 Å². The van der Waals surface area contributed by atoms with Crippen molar-refractivity contribution >= 4 is 40.3 Å². The Morgan fingerprint density at radius 3 is 2.59 bits per heavy atom. The Labute approximate surface area is 162 Å². The number of imidazole rings is 1. The van der Waals surface area contributed by atoms with Gasteiger partial charge in [0.1, 0.15) is 5.82 Å². The summed E-state index contributed by atoms with van der Waals surface area (Å²) >= 11 is 1.48. The van der Waals surface area contributed by atoms with Crippen LogP contribution in [0.5, 0.6) is 0 Å². The lowest BCUT2D eigenvalue weighted by Crippen LogP contribution is -2.32. The molecule has 6 nitrogen and oxygen atoms in total. The van der Waals surface area contributed by atoms with Crippen molar-refractivity contribution in [3.8, 4) is 0 Å². The lowest BCUT2D eigenvalue weighted by molar-refractivity contribution is -0.120. The molecule has 0 aliphatic rings. The van der Waals surface area contributed by atoms with Crippen molar-refractivity contribution in [2.75, 3.05) is 11.9 Å². The molecule has 140 valence electrons. The fraction of sp³-hybridized carbons (Fsp3) is 0.250. The first kappa shape index (κ1) is 19.0. The number of hydrogen-bond acceptors (Lipinski definition) is 4. The summed E-state index contributed by atoms with van der Waals surface area (Å²) in [5, 5.41) is 5.47. The maximum atomic E-state index is 12.3. The second kappa shape index (κ2) is 8.73. The topological polar surface area (TPSA) is 86.9 Å². The molecule has 0 fully saturated rings. The van der Waals surface area contributed by atoms with Crippen molar-refractivity contribution in [2.24, 2.45) is 0 Å². The molecule has 0 saturated heterocycles. The average molecular weight is 382 g/mol. The number of nitrogens with zero attached hydrogens (tertiary/aromatic N) is 1. The zero-order chi connectivity index (χ0) is 19.2. The third kappa shape index (κ3) is 5.34. The van der Waals surface area contributed by atoms with Crippen LogP contribution in [0, 0.1) is 0 Å². The number of fused-ring (bicyclic) bond motifs is 1. The number of carbonyl (C=O) groups is 2. The zero-order valence-corrected chi connectivity index (χ0v) is 16.1. The van der Waals surface area contributed by atoms with E-state index >= 15 is 0 Å². The smallest absolute Gasteiger partial charge is 0.233 e. The summed E-state index contributed by atoms with van der Waals surface area (Å²) < 4.78 is 0. The molecule has 3 N–H and O–H groups in total. The molecule has 0 aliphatic heterocycles. The first-order valence-electron chi connectivity index (χ1n) is 8.77. The number of aromatic nitrogens is 2. The van der Waals surface area contributed by atoms with Gasteiger partial charge in [-0.3, -0.25) is 9.59 Å². The molecule has 7 heteroatoms. The van der Waals surface area contributed by atoms with Gasteiger partial charge in [0.05, 0.1) is 16.3 Å². The predicted octanol–water partition coefficient (Wildman–Crippen LogP) is 3.36. The molecular weight excluding hydrogens is 360 g/mol. The van der Waals surface area contributed by atoms with E-state index in [9.17, 15) is 9.59 Å². The third-order valence-corrected chi connectivity index (χ3v) is 5.07. The molecule has 1 atom stereocenters. The number of nitrogens with one attached hydrogen (secondary N) is 3. The van der Waals surface area contributed by atoms with Crippen LogP contribution in [0.15, 0.2) is 53.4 Å². The van der Waals surface area contributed by atoms with Gasteiger partial charge in [-0.1, -0.05) is 12.1 Å². The van der Waals surface area contributed by atoms with Gasteiger partial charge in [0.25, 0.3) is 0 Å². The van der Waals surface area contributed by atoms with Gasteiger partial charge in [-0.2, -0.15) is 0 Å². The number of benzene rings is 2. The molecule has 3 rings (SSSR count). The van der Waals surface area contributed by atoms with Crippen molar-refractivity contribution in [1.82, 2.24) is 15.3 Å². The summed E-state index contributed by atoms with van der Waals surface area (Å²) in [5.41, 5.74) is 2.69. The van der Waals surface area contributed by atoms with Crippen molar-refractivity contribution in [3.05, 3.63) is 54.4 Å². The molecular formula is C20H22N4O2S. The second-order valence-electron chi connectivity index (χ2n) is 6.21. The van der Waals surface area contributed by atoms with Crippen LogP contribution in [0.3, 0.4) is 0 Å². The minimum Gasteiger partial charge on any atom is -0.355 e. The fourth-order valence-corrected chi connectivity index (χ4v) is 3.54. The molecule has 1 aromatic heterocycles. The highest BCUT2D eigenvalue weighted by Crippen LogP contribution is 2.24. The van der Waals surface area contributed by atoms with Crippen LogP contribution in [-0.4, -0.2) is 33.6 Å². The van der Waals surface area contributed by atoms with Gasteiger partial charge in [-0.25, -0.2) is 4.98 Å². The van der Waals surface area contributed by atoms with Gasteiger partial charge in [-0.15, -0.1) is 11.8 Å². The molecule has 1 heterocycles. The van der Waals surface area contributed by atoms with Crippen molar-refractivity contribution < 1.29 is 9.59 Å². The van der Waals surface area contributed by atoms with Crippen molar-refractivity contribution in [2.45, 2.75) is 30.4 Å². The summed E-state index contributed by atoms with van der Waals surface area (Å²) in [6, 6.07) is 15.3. The van der Waals surface area contributed by atoms with Crippen LogP contribution < -0.4 is 10.6 Å². The van der Waals surface area contributed by atoms with Crippen LogP contribution in [-0.2, 0) is 16.0 Å². The van der Waals surface area contributed by atoms with Crippen LogP contribution in [0.2, 0.25) is 0 Å². The number of rotatable bonds is 7. The van der Waals surface area contributed by atoms with Crippen LogP contribution >= 0.6 is 11.8 Å². The molecule has 0 spiro atoms. The van der Waals surface area contributed by atoms with Crippen LogP contribution in [0.4, 0.5) is 5.69 Å². The van der Waals surface area contributed by atoms with Gasteiger partial charge >= 0.3 is 0 Å². The van der Waals surface area contributed by atoms with Gasteiger partial charge in [0, 0.05) is 30.5 Å². The van der Waals surface area contributed by atoms with Gasteiger partial charge in [0.15, 0.2) is 0 Å². The minimum absolute atomic E-state index is 0.0120. The van der Waals surface area contributed by atoms with E-state index in [1.54, 1.807) is 0 Å². The van der Waals surface area contributed by atoms with Gasteiger partial charge < -0.3 is 15.6 Å². The van der Waals surface area contributed by atoms with Gasteiger partial charge in [-0.05, 0) is 43.3 Å². The first-order valence-corrected chi connectivity index (χ1v) is 9.65. The average Bonchev–Trinajstić information content (AvgIpc) is 3.05. The SMILES string of the molecule is CC(=O)Nc1ccc(SC(C)C(=O)NCCc2nc3ccccc3[nH]2)cc1. The fourth-order valence-electron chi connectivity index (χ4n) is 2.65. The Bertz CT molecular complexity index is 904. The summed E-state index contributed by atoms with van der Waals surface area (Å²) in [4.78, 5) is 32.1. The molecule has 0 bridgehead atoms. The van der Waals surface area contributed by atoms with E-state index in [1.807, 2.05) is 55.5 Å². The summed E-state index contributed by atoms with van der Waals surface area (Å²) in [6.07, 6.45) is 0.656. The highest BCUT2D eigenvalue weighted by atomic mass is 32.2. The Hall–Kier alpha value is -2.80. The summed E-state index contributed by atoms with van der Waals surface area (Å²) in [6.45, 7) is 3.88. The monoisotopic (exact) mass is 382 g/mol. The minimum atomic E-state index is -0.215. The number of H-pyrrole nitrogens is 1. The number of aromatic amines is 1. The Morgan fingerprint density at radius 1 is 1.15 bits per heavy atom. The molecule has 2 amide bonds. The molecule has 3 aromatic rings.